The molecule has 5 heteroatoms. The van der Waals surface area contributed by atoms with E-state index in [0.29, 0.717) is 0 Å². The number of halogens is 2. The van der Waals surface area contributed by atoms with Crippen molar-refractivity contribution in [1.82, 2.24) is 4.90 Å². The molecular weight excluding hydrogens is 253 g/mol. The first-order chi connectivity index (χ1) is 7.20. The van der Waals surface area contributed by atoms with Crippen molar-refractivity contribution < 1.29 is 4.79 Å². The number of rotatable bonds is 2. The number of hydrogen-bond acceptors (Lipinski definition) is 2. The SMILES string of the molecule is O=C(C=CC=C(Cl)Cl)N1CCCSCC1. The van der Waals surface area contributed by atoms with Gasteiger partial charge in [-0.15, -0.1) is 0 Å². The summed E-state index contributed by atoms with van der Waals surface area (Å²) in [6.45, 7) is 1.67. The van der Waals surface area contributed by atoms with Gasteiger partial charge in [0.05, 0.1) is 0 Å². The van der Waals surface area contributed by atoms with Gasteiger partial charge in [0.25, 0.3) is 0 Å². The predicted octanol–water partition coefficient (Wildman–Crippen LogP) is 2.83. The number of hydrogen-bond donors (Lipinski definition) is 0. The highest BCUT2D eigenvalue weighted by molar-refractivity contribution is 7.99. The molecule has 0 radical (unpaired) electrons. The van der Waals surface area contributed by atoms with E-state index in [1.54, 1.807) is 6.08 Å². The summed E-state index contributed by atoms with van der Waals surface area (Å²) in [6.07, 6.45) is 5.64. The van der Waals surface area contributed by atoms with Gasteiger partial charge in [-0.05, 0) is 18.2 Å². The molecule has 0 unspecified atom stereocenters. The van der Waals surface area contributed by atoms with Crippen molar-refractivity contribution in [2.45, 2.75) is 6.42 Å². The minimum absolute atomic E-state index is 0.0309. The number of allylic oxidation sites excluding steroid dienone is 2. The van der Waals surface area contributed by atoms with E-state index >= 15 is 0 Å². The molecule has 0 aromatic rings. The highest BCUT2D eigenvalue weighted by Gasteiger charge is 2.12. The molecule has 1 aliphatic rings. The van der Waals surface area contributed by atoms with Crippen LogP contribution in [-0.2, 0) is 4.79 Å². The molecule has 0 spiro atoms. The maximum atomic E-state index is 11.6. The van der Waals surface area contributed by atoms with Crippen molar-refractivity contribution in [3.8, 4) is 0 Å². The van der Waals surface area contributed by atoms with Crippen molar-refractivity contribution in [1.29, 1.82) is 0 Å². The van der Waals surface area contributed by atoms with Crippen LogP contribution < -0.4 is 0 Å². The van der Waals surface area contributed by atoms with Crippen LogP contribution in [0.4, 0.5) is 0 Å². The van der Waals surface area contributed by atoms with Crippen LogP contribution >= 0.6 is 35.0 Å². The number of thioether (sulfide) groups is 1. The molecule has 84 valence electrons. The van der Waals surface area contributed by atoms with Gasteiger partial charge in [-0.3, -0.25) is 4.79 Å². The second kappa shape index (κ2) is 7.20. The van der Waals surface area contributed by atoms with Crippen LogP contribution in [0.2, 0.25) is 0 Å². The zero-order valence-corrected chi connectivity index (χ0v) is 10.6. The van der Waals surface area contributed by atoms with Gasteiger partial charge >= 0.3 is 0 Å². The molecule has 0 N–H and O–H groups in total. The van der Waals surface area contributed by atoms with Crippen molar-refractivity contribution in [2.24, 2.45) is 0 Å². The number of carbonyl (C=O) groups excluding carboxylic acids is 1. The van der Waals surface area contributed by atoms with Gasteiger partial charge < -0.3 is 4.90 Å². The van der Waals surface area contributed by atoms with E-state index in [4.69, 9.17) is 23.2 Å². The monoisotopic (exact) mass is 265 g/mol. The van der Waals surface area contributed by atoms with Gasteiger partial charge in [-0.2, -0.15) is 11.8 Å². The Labute approximate surface area is 104 Å². The Morgan fingerprint density at radius 2 is 2.07 bits per heavy atom. The normalized spacial score (nSPS) is 17.6. The third kappa shape index (κ3) is 5.50. The fourth-order valence-corrected chi connectivity index (χ4v) is 2.31. The largest absolute Gasteiger partial charge is 0.338 e. The summed E-state index contributed by atoms with van der Waals surface area (Å²) < 4.78 is 0.158. The summed E-state index contributed by atoms with van der Waals surface area (Å²) >= 11 is 12.7. The minimum atomic E-state index is 0.0309. The molecule has 1 amide bonds. The van der Waals surface area contributed by atoms with Crippen LogP contribution in [0.1, 0.15) is 6.42 Å². The summed E-state index contributed by atoms with van der Waals surface area (Å²) in [5.74, 6) is 2.19. The molecule has 0 saturated carbocycles. The van der Waals surface area contributed by atoms with Gasteiger partial charge in [0.1, 0.15) is 4.49 Å². The predicted molar refractivity (Wildman–Crippen MR) is 67.5 cm³/mol. The first-order valence-corrected chi connectivity index (χ1v) is 6.67. The van der Waals surface area contributed by atoms with Crippen molar-refractivity contribution in [2.75, 3.05) is 24.6 Å². The Balaban J connectivity index is 2.44. The van der Waals surface area contributed by atoms with E-state index in [1.165, 1.54) is 12.2 Å². The van der Waals surface area contributed by atoms with E-state index in [-0.39, 0.29) is 10.4 Å². The first kappa shape index (κ1) is 12.9. The van der Waals surface area contributed by atoms with Gasteiger partial charge in [0.2, 0.25) is 5.91 Å². The first-order valence-electron chi connectivity index (χ1n) is 4.76. The van der Waals surface area contributed by atoms with Gasteiger partial charge in [0, 0.05) is 24.9 Å². The molecule has 2 nitrogen and oxygen atoms in total. The van der Waals surface area contributed by atoms with Crippen LogP contribution in [0.15, 0.2) is 22.7 Å². The lowest BCUT2D eigenvalue weighted by molar-refractivity contribution is -0.125. The lowest BCUT2D eigenvalue weighted by atomic mass is 10.3. The smallest absolute Gasteiger partial charge is 0.246 e. The molecular formula is C10H13Cl2NOS. The maximum absolute atomic E-state index is 11.6. The van der Waals surface area contributed by atoms with Crippen LogP contribution in [0.5, 0.6) is 0 Å². The number of amides is 1. The Morgan fingerprint density at radius 1 is 1.27 bits per heavy atom. The summed E-state index contributed by atoms with van der Waals surface area (Å²) in [5, 5.41) is 0. The van der Waals surface area contributed by atoms with E-state index in [1.807, 2.05) is 16.7 Å². The zero-order chi connectivity index (χ0) is 11.1. The van der Waals surface area contributed by atoms with E-state index < -0.39 is 0 Å². The quantitative estimate of drug-likeness (QED) is 0.566. The molecule has 0 aromatic carbocycles. The van der Waals surface area contributed by atoms with Crippen LogP contribution in [-0.4, -0.2) is 35.4 Å². The van der Waals surface area contributed by atoms with E-state index in [9.17, 15) is 4.79 Å². The molecule has 1 rings (SSSR count). The average Bonchev–Trinajstić information content (AvgIpc) is 2.44. The highest BCUT2D eigenvalue weighted by Crippen LogP contribution is 2.10. The molecule has 1 saturated heterocycles. The molecule has 0 aromatic heterocycles. The fraction of sp³-hybridized carbons (Fsp3) is 0.500. The van der Waals surface area contributed by atoms with Crippen molar-refractivity contribution >= 4 is 40.9 Å². The lowest BCUT2D eigenvalue weighted by Gasteiger charge is -2.17. The third-order valence-corrected chi connectivity index (χ3v) is 3.30. The molecule has 0 aliphatic carbocycles. The maximum Gasteiger partial charge on any atom is 0.246 e. The summed E-state index contributed by atoms with van der Waals surface area (Å²) in [7, 11) is 0. The Bertz CT molecular complexity index is 267. The Morgan fingerprint density at radius 3 is 2.80 bits per heavy atom. The van der Waals surface area contributed by atoms with Gasteiger partial charge in [0.15, 0.2) is 0 Å². The Kier molecular flexibility index (Phi) is 6.22. The Hall–Kier alpha value is -0.120. The molecule has 15 heavy (non-hydrogen) atoms. The van der Waals surface area contributed by atoms with Gasteiger partial charge in [-0.25, -0.2) is 0 Å². The summed E-state index contributed by atoms with van der Waals surface area (Å²) in [4.78, 5) is 13.5. The summed E-state index contributed by atoms with van der Waals surface area (Å²) in [5.41, 5.74) is 0. The molecule has 1 fully saturated rings. The molecule has 1 heterocycles. The lowest BCUT2D eigenvalue weighted by Crippen LogP contribution is -2.31. The molecule has 0 atom stereocenters. The number of nitrogens with zero attached hydrogens (tertiary/aromatic N) is 1. The van der Waals surface area contributed by atoms with E-state index in [0.717, 1.165) is 31.0 Å². The minimum Gasteiger partial charge on any atom is -0.338 e. The van der Waals surface area contributed by atoms with Crippen LogP contribution in [0.25, 0.3) is 0 Å². The van der Waals surface area contributed by atoms with Gasteiger partial charge in [-0.1, -0.05) is 29.3 Å². The van der Waals surface area contributed by atoms with Crippen LogP contribution in [0.3, 0.4) is 0 Å². The standard InChI is InChI=1S/C10H13Cl2NOS/c11-9(12)3-1-4-10(14)13-5-2-7-15-8-6-13/h1,3-4H,2,5-8H2. The highest BCUT2D eigenvalue weighted by atomic mass is 35.5. The molecule has 1 aliphatic heterocycles. The topological polar surface area (TPSA) is 20.3 Å². The van der Waals surface area contributed by atoms with Crippen molar-refractivity contribution in [3.63, 3.8) is 0 Å². The average molecular weight is 266 g/mol. The molecule has 0 bridgehead atoms. The zero-order valence-electron chi connectivity index (χ0n) is 8.29. The fourth-order valence-electron chi connectivity index (χ4n) is 1.28. The van der Waals surface area contributed by atoms with E-state index in [2.05, 4.69) is 0 Å². The summed E-state index contributed by atoms with van der Waals surface area (Å²) in [6, 6.07) is 0. The second-order valence-electron chi connectivity index (χ2n) is 3.11. The van der Waals surface area contributed by atoms with Crippen LogP contribution in [0, 0.1) is 0 Å². The number of carbonyl (C=O) groups is 1. The second-order valence-corrected chi connectivity index (χ2v) is 5.34. The third-order valence-electron chi connectivity index (χ3n) is 1.99. The van der Waals surface area contributed by atoms with Crippen molar-refractivity contribution in [3.05, 3.63) is 22.7 Å².